The standard InChI is InChI=1S/C18H28O/c1-6-8-9-10-15-14-16(18(3,4)5)11-12-17(15)19-13-7-2/h6,8,11-12,14H,7,9-10,13H2,1-5H3/b8-6-. The summed E-state index contributed by atoms with van der Waals surface area (Å²) in [5.41, 5.74) is 2.91. The van der Waals surface area contributed by atoms with Crippen molar-refractivity contribution in [2.45, 2.75) is 59.3 Å². The minimum Gasteiger partial charge on any atom is -0.493 e. The van der Waals surface area contributed by atoms with Gasteiger partial charge in [-0.05, 0) is 48.8 Å². The van der Waals surface area contributed by atoms with E-state index in [0.29, 0.717) is 0 Å². The first-order chi connectivity index (χ1) is 8.99. The molecule has 1 rings (SSSR count). The fraction of sp³-hybridized carbons (Fsp3) is 0.556. The minimum absolute atomic E-state index is 0.193. The zero-order valence-electron chi connectivity index (χ0n) is 13.1. The van der Waals surface area contributed by atoms with Gasteiger partial charge in [-0.1, -0.05) is 52.0 Å². The van der Waals surface area contributed by atoms with E-state index in [1.165, 1.54) is 11.1 Å². The predicted molar refractivity (Wildman–Crippen MR) is 84.1 cm³/mol. The number of allylic oxidation sites excluding steroid dienone is 2. The van der Waals surface area contributed by atoms with E-state index in [1.807, 2.05) is 0 Å². The van der Waals surface area contributed by atoms with Crippen LogP contribution in [-0.2, 0) is 11.8 Å². The van der Waals surface area contributed by atoms with Gasteiger partial charge in [0.2, 0.25) is 0 Å². The molecule has 106 valence electrons. The van der Waals surface area contributed by atoms with E-state index >= 15 is 0 Å². The number of rotatable bonds is 6. The van der Waals surface area contributed by atoms with Crippen LogP contribution in [0.1, 0.15) is 58.6 Å². The topological polar surface area (TPSA) is 9.23 Å². The summed E-state index contributed by atoms with van der Waals surface area (Å²) < 4.78 is 5.86. The molecule has 0 bridgehead atoms. The van der Waals surface area contributed by atoms with E-state index in [1.54, 1.807) is 0 Å². The van der Waals surface area contributed by atoms with Gasteiger partial charge in [-0.25, -0.2) is 0 Å². The molecule has 0 aliphatic rings. The van der Waals surface area contributed by atoms with Crippen molar-refractivity contribution in [2.24, 2.45) is 0 Å². The van der Waals surface area contributed by atoms with Gasteiger partial charge < -0.3 is 4.74 Å². The van der Waals surface area contributed by atoms with Crippen molar-refractivity contribution in [3.05, 3.63) is 41.5 Å². The summed E-state index contributed by atoms with van der Waals surface area (Å²) in [7, 11) is 0. The summed E-state index contributed by atoms with van der Waals surface area (Å²) in [6.07, 6.45) is 7.50. The highest BCUT2D eigenvalue weighted by molar-refractivity contribution is 5.40. The summed E-state index contributed by atoms with van der Waals surface area (Å²) in [4.78, 5) is 0. The van der Waals surface area contributed by atoms with E-state index in [2.05, 4.69) is 65.0 Å². The maximum Gasteiger partial charge on any atom is 0.122 e. The third-order valence-corrected chi connectivity index (χ3v) is 3.20. The lowest BCUT2D eigenvalue weighted by Gasteiger charge is -2.21. The highest BCUT2D eigenvalue weighted by Crippen LogP contribution is 2.29. The van der Waals surface area contributed by atoms with Gasteiger partial charge >= 0.3 is 0 Å². The van der Waals surface area contributed by atoms with Crippen molar-refractivity contribution < 1.29 is 4.74 Å². The number of aryl methyl sites for hydroxylation is 1. The normalized spacial score (nSPS) is 12.1. The maximum atomic E-state index is 5.86. The molecule has 0 unspecified atom stereocenters. The number of hydrogen-bond donors (Lipinski definition) is 0. The Kier molecular flexibility index (Phi) is 6.14. The Labute approximate surface area is 118 Å². The SMILES string of the molecule is C/C=C\CCc1cc(C(C)(C)C)ccc1OCCC. The average molecular weight is 260 g/mol. The molecule has 0 aromatic heterocycles. The molecular weight excluding hydrogens is 232 g/mol. The van der Waals surface area contributed by atoms with Crippen molar-refractivity contribution in [1.82, 2.24) is 0 Å². The van der Waals surface area contributed by atoms with Gasteiger partial charge in [0.05, 0.1) is 6.61 Å². The largest absolute Gasteiger partial charge is 0.493 e. The van der Waals surface area contributed by atoms with Crippen LogP contribution in [0.15, 0.2) is 30.4 Å². The van der Waals surface area contributed by atoms with Gasteiger partial charge in [-0.15, -0.1) is 0 Å². The van der Waals surface area contributed by atoms with Crippen molar-refractivity contribution >= 4 is 0 Å². The van der Waals surface area contributed by atoms with E-state index in [-0.39, 0.29) is 5.41 Å². The summed E-state index contributed by atoms with van der Waals surface area (Å²) in [5.74, 6) is 1.05. The molecule has 0 fully saturated rings. The summed E-state index contributed by atoms with van der Waals surface area (Å²) in [6, 6.07) is 6.65. The molecule has 19 heavy (non-hydrogen) atoms. The van der Waals surface area contributed by atoms with Crippen LogP contribution in [0, 0.1) is 0 Å². The average Bonchev–Trinajstić information content (AvgIpc) is 2.36. The molecule has 1 aromatic rings. The second kappa shape index (κ2) is 7.37. The zero-order valence-corrected chi connectivity index (χ0v) is 13.1. The summed E-state index contributed by atoms with van der Waals surface area (Å²) in [5, 5.41) is 0. The Morgan fingerprint density at radius 3 is 2.53 bits per heavy atom. The highest BCUT2D eigenvalue weighted by atomic mass is 16.5. The summed E-state index contributed by atoms with van der Waals surface area (Å²) in [6.45, 7) is 11.8. The van der Waals surface area contributed by atoms with Crippen LogP contribution >= 0.6 is 0 Å². The van der Waals surface area contributed by atoms with Crippen LogP contribution in [0.25, 0.3) is 0 Å². The molecule has 0 aliphatic heterocycles. The Morgan fingerprint density at radius 1 is 1.21 bits per heavy atom. The second-order valence-electron chi connectivity index (χ2n) is 6.03. The zero-order chi connectivity index (χ0) is 14.3. The first-order valence-electron chi connectivity index (χ1n) is 7.36. The molecule has 0 saturated carbocycles. The number of hydrogen-bond acceptors (Lipinski definition) is 1. The van der Waals surface area contributed by atoms with Gasteiger partial charge in [0.25, 0.3) is 0 Å². The Morgan fingerprint density at radius 2 is 1.95 bits per heavy atom. The van der Waals surface area contributed by atoms with Crippen LogP contribution in [-0.4, -0.2) is 6.61 Å². The molecule has 0 radical (unpaired) electrons. The van der Waals surface area contributed by atoms with Crippen LogP contribution < -0.4 is 4.74 Å². The van der Waals surface area contributed by atoms with Crippen LogP contribution in [0.4, 0.5) is 0 Å². The van der Waals surface area contributed by atoms with E-state index < -0.39 is 0 Å². The van der Waals surface area contributed by atoms with E-state index in [0.717, 1.165) is 31.6 Å². The predicted octanol–water partition coefficient (Wildman–Crippen LogP) is 5.28. The van der Waals surface area contributed by atoms with E-state index in [9.17, 15) is 0 Å². The van der Waals surface area contributed by atoms with Crippen molar-refractivity contribution in [1.29, 1.82) is 0 Å². The molecule has 0 atom stereocenters. The molecule has 0 N–H and O–H groups in total. The monoisotopic (exact) mass is 260 g/mol. The maximum absolute atomic E-state index is 5.86. The van der Waals surface area contributed by atoms with E-state index in [4.69, 9.17) is 4.74 Å². The van der Waals surface area contributed by atoms with Crippen LogP contribution in [0.2, 0.25) is 0 Å². The molecule has 0 saturated heterocycles. The molecule has 0 aliphatic carbocycles. The quantitative estimate of drug-likeness (QED) is 0.632. The fourth-order valence-electron chi connectivity index (χ4n) is 2.00. The van der Waals surface area contributed by atoms with Crippen molar-refractivity contribution in [3.63, 3.8) is 0 Å². The van der Waals surface area contributed by atoms with Gasteiger partial charge in [-0.2, -0.15) is 0 Å². The lowest BCUT2D eigenvalue weighted by Crippen LogP contribution is -2.12. The lowest BCUT2D eigenvalue weighted by atomic mass is 9.85. The van der Waals surface area contributed by atoms with Crippen molar-refractivity contribution in [2.75, 3.05) is 6.61 Å². The fourth-order valence-corrected chi connectivity index (χ4v) is 2.00. The first-order valence-corrected chi connectivity index (χ1v) is 7.36. The van der Waals surface area contributed by atoms with Gasteiger partial charge in [0, 0.05) is 0 Å². The Balaban J connectivity index is 2.96. The minimum atomic E-state index is 0.193. The smallest absolute Gasteiger partial charge is 0.122 e. The third kappa shape index (κ3) is 5.10. The molecule has 0 spiro atoms. The van der Waals surface area contributed by atoms with Gasteiger partial charge in [-0.3, -0.25) is 0 Å². The second-order valence-corrected chi connectivity index (χ2v) is 6.03. The Bertz CT molecular complexity index is 410. The summed E-state index contributed by atoms with van der Waals surface area (Å²) >= 11 is 0. The molecule has 1 nitrogen and oxygen atoms in total. The molecular formula is C18H28O. The lowest BCUT2D eigenvalue weighted by molar-refractivity contribution is 0.314. The Hall–Kier alpha value is -1.24. The first kappa shape index (κ1) is 15.8. The molecule has 0 amide bonds. The van der Waals surface area contributed by atoms with Crippen LogP contribution in [0.3, 0.4) is 0 Å². The van der Waals surface area contributed by atoms with Gasteiger partial charge in [0.15, 0.2) is 0 Å². The molecule has 0 heterocycles. The van der Waals surface area contributed by atoms with Gasteiger partial charge in [0.1, 0.15) is 5.75 Å². The number of benzene rings is 1. The van der Waals surface area contributed by atoms with Crippen molar-refractivity contribution in [3.8, 4) is 5.75 Å². The highest BCUT2D eigenvalue weighted by Gasteiger charge is 2.15. The molecule has 1 heteroatoms. The van der Waals surface area contributed by atoms with Crippen LogP contribution in [0.5, 0.6) is 5.75 Å². The third-order valence-electron chi connectivity index (χ3n) is 3.20. The molecule has 1 aromatic carbocycles. The number of ether oxygens (including phenoxy) is 1.